The fourth-order valence-electron chi connectivity index (χ4n) is 5.15. The van der Waals surface area contributed by atoms with Crippen molar-refractivity contribution in [2.45, 2.75) is 168 Å². The number of hydrogen-bond acceptors (Lipinski definition) is 6. The van der Waals surface area contributed by atoms with E-state index in [4.69, 9.17) is 18.5 Å². The summed E-state index contributed by atoms with van der Waals surface area (Å²) < 4.78 is 34.3. The van der Waals surface area contributed by atoms with E-state index in [2.05, 4.69) is 31.2 Å². The number of unbranched alkanes of at least 4 members (excludes halogenated alkanes) is 18. The number of carbonyl (C=O) groups excluding carboxylic acids is 1. The molecule has 0 aliphatic heterocycles. The average molecular weight is 703 g/mol. The van der Waals surface area contributed by atoms with Crippen LogP contribution in [0.1, 0.15) is 162 Å². The van der Waals surface area contributed by atoms with Crippen molar-refractivity contribution in [3.63, 3.8) is 0 Å². The van der Waals surface area contributed by atoms with Crippen LogP contribution >= 0.6 is 7.82 Å². The molecule has 0 aromatic carbocycles. The van der Waals surface area contributed by atoms with Crippen molar-refractivity contribution in [2.75, 3.05) is 54.1 Å². The zero-order valence-corrected chi connectivity index (χ0v) is 32.9. The van der Waals surface area contributed by atoms with E-state index >= 15 is 0 Å². The first kappa shape index (κ1) is 47.0. The summed E-state index contributed by atoms with van der Waals surface area (Å²) in [5.41, 5.74) is 0. The highest BCUT2D eigenvalue weighted by Gasteiger charge is 2.26. The maximum absolute atomic E-state index is 12.3. The van der Waals surface area contributed by atoms with Crippen LogP contribution in [0.2, 0.25) is 0 Å². The third-order valence-corrected chi connectivity index (χ3v) is 9.25. The summed E-state index contributed by atoms with van der Waals surface area (Å²) in [6, 6.07) is 0. The lowest BCUT2D eigenvalue weighted by Crippen LogP contribution is -2.37. The molecule has 0 fully saturated rings. The molecule has 0 aliphatic carbocycles. The number of esters is 1. The van der Waals surface area contributed by atoms with E-state index in [-0.39, 0.29) is 25.8 Å². The lowest BCUT2D eigenvalue weighted by atomic mass is 10.0. The van der Waals surface area contributed by atoms with Crippen LogP contribution in [-0.4, -0.2) is 75.6 Å². The zero-order valence-electron chi connectivity index (χ0n) is 32.0. The number of carbonyl (C=O) groups is 1. The summed E-state index contributed by atoms with van der Waals surface area (Å²) in [5, 5.41) is 0. The van der Waals surface area contributed by atoms with Crippen LogP contribution in [0.3, 0.4) is 0 Å². The number of likely N-dealkylation sites (N-methyl/N-ethyl adjacent to an activating group) is 1. The molecule has 0 spiro atoms. The van der Waals surface area contributed by atoms with Crippen molar-refractivity contribution >= 4 is 13.8 Å². The first-order valence-corrected chi connectivity index (χ1v) is 21.1. The third-order valence-electron chi connectivity index (χ3n) is 8.27. The highest BCUT2D eigenvalue weighted by Crippen LogP contribution is 2.43. The van der Waals surface area contributed by atoms with E-state index in [1.165, 1.54) is 109 Å². The Morgan fingerprint density at radius 3 is 1.67 bits per heavy atom. The minimum Gasteiger partial charge on any atom is -0.457 e. The van der Waals surface area contributed by atoms with Crippen LogP contribution < -0.4 is 0 Å². The predicted molar refractivity (Wildman–Crippen MR) is 201 cm³/mol. The van der Waals surface area contributed by atoms with Crippen LogP contribution in [0, 0.1) is 0 Å². The monoisotopic (exact) mass is 703 g/mol. The molecular weight excluding hydrogens is 625 g/mol. The van der Waals surface area contributed by atoms with Gasteiger partial charge in [0.15, 0.2) is 0 Å². The Morgan fingerprint density at radius 2 is 1.15 bits per heavy atom. The lowest BCUT2D eigenvalue weighted by Gasteiger charge is -2.24. The van der Waals surface area contributed by atoms with Crippen molar-refractivity contribution in [3.05, 3.63) is 24.3 Å². The average Bonchev–Trinajstić information content (AvgIpc) is 3.03. The van der Waals surface area contributed by atoms with Gasteiger partial charge in [-0.3, -0.25) is 13.8 Å². The van der Waals surface area contributed by atoms with Crippen molar-refractivity contribution in [3.8, 4) is 0 Å². The molecule has 2 unspecified atom stereocenters. The molecule has 0 saturated heterocycles. The van der Waals surface area contributed by atoms with Crippen molar-refractivity contribution in [2.24, 2.45) is 0 Å². The number of ether oxygens (including phenoxy) is 2. The molecular formula is C39H77NO7P+. The summed E-state index contributed by atoms with van der Waals surface area (Å²) in [6.07, 6.45) is 36.1. The van der Waals surface area contributed by atoms with Crippen molar-refractivity contribution in [1.82, 2.24) is 0 Å². The Kier molecular flexibility index (Phi) is 32.4. The molecule has 0 aromatic rings. The molecule has 0 aromatic heterocycles. The molecule has 8 nitrogen and oxygen atoms in total. The van der Waals surface area contributed by atoms with E-state index in [1.54, 1.807) is 0 Å². The number of allylic oxidation sites excluding steroid dienone is 4. The topological polar surface area (TPSA) is 91.3 Å². The number of quaternary nitrogens is 1. The minimum absolute atomic E-state index is 0.0883. The molecule has 0 radical (unpaired) electrons. The van der Waals surface area contributed by atoms with Gasteiger partial charge >= 0.3 is 13.8 Å². The van der Waals surface area contributed by atoms with E-state index in [1.807, 2.05) is 28.1 Å². The second kappa shape index (κ2) is 33.1. The molecule has 1 N–H and O–H groups in total. The maximum atomic E-state index is 12.3. The first-order valence-electron chi connectivity index (χ1n) is 19.6. The van der Waals surface area contributed by atoms with E-state index in [0.29, 0.717) is 24.1 Å². The molecule has 48 heavy (non-hydrogen) atoms. The van der Waals surface area contributed by atoms with Crippen LogP contribution in [0.4, 0.5) is 0 Å². The Balaban J connectivity index is 3.79. The largest absolute Gasteiger partial charge is 0.472 e. The maximum Gasteiger partial charge on any atom is 0.472 e. The fraction of sp³-hybridized carbons (Fsp3) is 0.872. The van der Waals surface area contributed by atoms with E-state index < -0.39 is 13.9 Å². The second-order valence-corrected chi connectivity index (χ2v) is 15.8. The van der Waals surface area contributed by atoms with Crippen LogP contribution in [0.25, 0.3) is 0 Å². The van der Waals surface area contributed by atoms with Gasteiger partial charge in [0.05, 0.1) is 34.4 Å². The molecule has 0 aliphatic rings. The van der Waals surface area contributed by atoms with Crippen LogP contribution in [0.15, 0.2) is 24.3 Å². The smallest absolute Gasteiger partial charge is 0.457 e. The van der Waals surface area contributed by atoms with Crippen LogP contribution in [0.5, 0.6) is 0 Å². The third kappa shape index (κ3) is 36.3. The zero-order chi connectivity index (χ0) is 35.6. The number of phosphoric ester groups is 1. The summed E-state index contributed by atoms with van der Waals surface area (Å²) in [6.45, 7) is 5.37. The van der Waals surface area contributed by atoms with Gasteiger partial charge in [0.25, 0.3) is 0 Å². The number of phosphoric acid groups is 1. The van der Waals surface area contributed by atoms with Crippen LogP contribution in [-0.2, 0) is 27.9 Å². The quantitative estimate of drug-likeness (QED) is 0.0228. The van der Waals surface area contributed by atoms with Crippen molar-refractivity contribution < 1.29 is 37.3 Å². The molecule has 0 saturated carbocycles. The van der Waals surface area contributed by atoms with Crippen molar-refractivity contribution in [1.29, 1.82) is 0 Å². The van der Waals surface area contributed by atoms with Gasteiger partial charge in [-0.2, -0.15) is 0 Å². The summed E-state index contributed by atoms with van der Waals surface area (Å²) in [4.78, 5) is 22.2. The summed E-state index contributed by atoms with van der Waals surface area (Å²) in [5.74, 6) is -0.349. The standard InChI is InChI=1S/C39H76NO7P/c1-6-8-10-11-12-13-14-15-16-17-18-19-20-21-22-23-24-25-26-27-28-29-30-31-34-44-36-38(47-39(41)32-9-7-2)37-46-48(42,43)45-35-33-40(3,4)5/h14-15,17-18,38H,6-13,16,19-37H2,1-5H3/p+1/b15-14-,18-17-. The SMILES string of the molecule is CCCCCCC/C=C\C/C=C\CCCCCCCCCCCCCCOCC(COP(=O)(O)OCC[N+](C)(C)C)OC(=O)CCCC. The highest BCUT2D eigenvalue weighted by molar-refractivity contribution is 7.47. The Bertz CT molecular complexity index is 828. The van der Waals surface area contributed by atoms with Gasteiger partial charge in [0.1, 0.15) is 19.3 Å². The van der Waals surface area contributed by atoms with E-state index in [0.717, 1.165) is 32.1 Å². The summed E-state index contributed by atoms with van der Waals surface area (Å²) >= 11 is 0. The van der Waals surface area contributed by atoms with Gasteiger partial charge in [-0.25, -0.2) is 4.57 Å². The Hall–Kier alpha value is -1.02. The second-order valence-electron chi connectivity index (χ2n) is 14.3. The fourth-order valence-corrected chi connectivity index (χ4v) is 5.89. The number of hydrogen-bond donors (Lipinski definition) is 1. The molecule has 9 heteroatoms. The molecule has 0 heterocycles. The lowest BCUT2D eigenvalue weighted by molar-refractivity contribution is -0.870. The Labute approximate surface area is 296 Å². The van der Waals surface area contributed by atoms with Gasteiger partial charge < -0.3 is 18.9 Å². The Morgan fingerprint density at radius 1 is 0.646 bits per heavy atom. The predicted octanol–water partition coefficient (Wildman–Crippen LogP) is 10.9. The van der Waals surface area contributed by atoms with Gasteiger partial charge in [-0.15, -0.1) is 0 Å². The van der Waals surface area contributed by atoms with Gasteiger partial charge in [-0.05, 0) is 44.9 Å². The first-order chi connectivity index (χ1) is 23.1. The molecule has 0 amide bonds. The number of nitrogens with zero attached hydrogens (tertiary/aromatic N) is 1. The molecule has 2 atom stereocenters. The van der Waals surface area contributed by atoms with Gasteiger partial charge in [0, 0.05) is 13.0 Å². The molecule has 0 rings (SSSR count). The normalized spacial score (nSPS) is 14.2. The van der Waals surface area contributed by atoms with E-state index in [9.17, 15) is 14.3 Å². The molecule has 0 bridgehead atoms. The summed E-state index contributed by atoms with van der Waals surface area (Å²) in [7, 11) is 1.66. The highest BCUT2D eigenvalue weighted by atomic mass is 31.2. The van der Waals surface area contributed by atoms with Gasteiger partial charge in [0.2, 0.25) is 0 Å². The number of rotatable bonds is 36. The minimum atomic E-state index is -4.24. The molecule has 284 valence electrons. The van der Waals surface area contributed by atoms with Gasteiger partial charge in [-0.1, -0.05) is 134 Å².